The van der Waals surface area contributed by atoms with Gasteiger partial charge in [0.25, 0.3) is 5.69 Å². The predicted octanol–water partition coefficient (Wildman–Crippen LogP) is 0.889. The molecule has 96 valence electrons. The van der Waals surface area contributed by atoms with Crippen LogP contribution in [0, 0.1) is 10.1 Å². The molecule has 2 amide bonds. The fourth-order valence-electron chi connectivity index (χ4n) is 1.10. The highest BCUT2D eigenvalue weighted by Crippen LogP contribution is 2.16. The largest absolute Gasteiger partial charge is 0.468 e. The number of rotatable bonds is 4. The summed E-state index contributed by atoms with van der Waals surface area (Å²) in [6.07, 6.45) is 0. The Hall–Kier alpha value is -2.64. The molecule has 1 rings (SSSR count). The van der Waals surface area contributed by atoms with Gasteiger partial charge in [0, 0.05) is 17.8 Å². The third-order valence-corrected chi connectivity index (χ3v) is 1.94. The Morgan fingerprint density at radius 1 is 1.44 bits per heavy atom. The molecule has 0 bridgehead atoms. The van der Waals surface area contributed by atoms with E-state index in [0.29, 0.717) is 0 Å². The third kappa shape index (κ3) is 4.08. The number of hydrogen-bond acceptors (Lipinski definition) is 5. The van der Waals surface area contributed by atoms with Crippen molar-refractivity contribution >= 4 is 23.4 Å². The van der Waals surface area contributed by atoms with Gasteiger partial charge in [-0.15, -0.1) is 0 Å². The fourth-order valence-corrected chi connectivity index (χ4v) is 1.10. The van der Waals surface area contributed by atoms with Gasteiger partial charge in [0.1, 0.15) is 6.54 Å². The maximum absolute atomic E-state index is 11.3. The van der Waals surface area contributed by atoms with Gasteiger partial charge in [0.2, 0.25) is 0 Å². The second-order valence-electron chi connectivity index (χ2n) is 3.19. The first-order chi connectivity index (χ1) is 8.52. The summed E-state index contributed by atoms with van der Waals surface area (Å²) in [4.78, 5) is 32.0. The summed E-state index contributed by atoms with van der Waals surface area (Å²) in [6.45, 7) is -0.280. The number of esters is 1. The zero-order chi connectivity index (χ0) is 13.5. The summed E-state index contributed by atoms with van der Waals surface area (Å²) in [6, 6.07) is 4.79. The number of nitrogens with one attached hydrogen (secondary N) is 2. The number of ether oxygens (including phenoxy) is 1. The van der Waals surface area contributed by atoms with E-state index in [-0.39, 0.29) is 17.9 Å². The molecule has 0 atom stereocenters. The van der Waals surface area contributed by atoms with Gasteiger partial charge in [0.15, 0.2) is 0 Å². The summed E-state index contributed by atoms with van der Waals surface area (Å²) < 4.78 is 4.33. The Labute approximate surface area is 102 Å². The average Bonchev–Trinajstić information content (AvgIpc) is 2.36. The first kappa shape index (κ1) is 13.4. The number of urea groups is 1. The second-order valence-corrected chi connectivity index (χ2v) is 3.19. The molecule has 1 aromatic rings. The lowest BCUT2D eigenvalue weighted by Gasteiger charge is -2.06. The first-order valence-electron chi connectivity index (χ1n) is 4.89. The van der Waals surface area contributed by atoms with Crippen molar-refractivity contribution in [2.45, 2.75) is 0 Å². The number of nitrogens with zero attached hydrogens (tertiary/aromatic N) is 1. The van der Waals surface area contributed by atoms with Crippen molar-refractivity contribution in [3.63, 3.8) is 0 Å². The predicted molar refractivity (Wildman–Crippen MR) is 62.1 cm³/mol. The molecule has 0 aliphatic heterocycles. The molecule has 0 spiro atoms. The van der Waals surface area contributed by atoms with Gasteiger partial charge in [-0.25, -0.2) is 4.79 Å². The fraction of sp³-hybridized carbons (Fsp3) is 0.200. The van der Waals surface area contributed by atoms with Crippen molar-refractivity contribution in [3.05, 3.63) is 34.4 Å². The molecule has 0 aliphatic carbocycles. The first-order valence-corrected chi connectivity index (χ1v) is 4.89. The number of non-ortho nitro benzene ring substituents is 1. The lowest BCUT2D eigenvalue weighted by atomic mass is 10.3. The lowest BCUT2D eigenvalue weighted by molar-refractivity contribution is -0.384. The molecule has 0 saturated heterocycles. The molecule has 0 aliphatic rings. The zero-order valence-corrected chi connectivity index (χ0v) is 9.50. The van der Waals surface area contributed by atoms with E-state index in [0.717, 1.165) is 0 Å². The molecule has 0 unspecified atom stereocenters. The summed E-state index contributed by atoms with van der Waals surface area (Å²) in [5.74, 6) is -0.593. The van der Waals surface area contributed by atoms with E-state index in [1.807, 2.05) is 0 Å². The van der Waals surface area contributed by atoms with Crippen LogP contribution in [0.3, 0.4) is 0 Å². The van der Waals surface area contributed by atoms with Crippen LogP contribution in [0.15, 0.2) is 24.3 Å². The maximum Gasteiger partial charge on any atom is 0.325 e. The van der Waals surface area contributed by atoms with Gasteiger partial charge in [0.05, 0.1) is 12.0 Å². The standard InChI is InChI=1S/C10H11N3O5/c1-18-9(14)6-11-10(15)12-7-3-2-4-8(5-7)13(16)17/h2-5H,6H2,1H3,(H2,11,12,15). The molecule has 0 radical (unpaired) electrons. The van der Waals surface area contributed by atoms with E-state index >= 15 is 0 Å². The van der Waals surface area contributed by atoms with Gasteiger partial charge >= 0.3 is 12.0 Å². The van der Waals surface area contributed by atoms with Crippen LogP contribution in [0.5, 0.6) is 0 Å². The molecule has 18 heavy (non-hydrogen) atoms. The van der Waals surface area contributed by atoms with Crippen molar-refractivity contribution in [1.29, 1.82) is 0 Å². The molecule has 0 heterocycles. The molecule has 8 nitrogen and oxygen atoms in total. The van der Waals surface area contributed by atoms with E-state index in [9.17, 15) is 19.7 Å². The normalized spacial score (nSPS) is 9.39. The summed E-state index contributed by atoms with van der Waals surface area (Å²) in [5, 5.41) is 15.1. The van der Waals surface area contributed by atoms with Gasteiger partial charge < -0.3 is 15.4 Å². The van der Waals surface area contributed by atoms with E-state index < -0.39 is 16.9 Å². The van der Waals surface area contributed by atoms with Crippen molar-refractivity contribution in [2.75, 3.05) is 19.0 Å². The molecule has 0 fully saturated rings. The smallest absolute Gasteiger partial charge is 0.325 e. The van der Waals surface area contributed by atoms with Gasteiger partial charge in [-0.05, 0) is 6.07 Å². The van der Waals surface area contributed by atoms with E-state index in [2.05, 4.69) is 15.4 Å². The van der Waals surface area contributed by atoms with Crippen LogP contribution in [0.25, 0.3) is 0 Å². The number of hydrogen-bond donors (Lipinski definition) is 2. The molecular formula is C10H11N3O5. The highest BCUT2D eigenvalue weighted by Gasteiger charge is 2.08. The zero-order valence-electron chi connectivity index (χ0n) is 9.50. The van der Waals surface area contributed by atoms with Crippen molar-refractivity contribution in [1.82, 2.24) is 5.32 Å². The van der Waals surface area contributed by atoms with Gasteiger partial charge in [-0.1, -0.05) is 6.07 Å². The van der Waals surface area contributed by atoms with Crippen LogP contribution in [0.2, 0.25) is 0 Å². The Kier molecular flexibility index (Phi) is 4.61. The maximum atomic E-state index is 11.3. The monoisotopic (exact) mass is 253 g/mol. The number of nitro benzene ring substituents is 1. The van der Waals surface area contributed by atoms with Crippen LogP contribution < -0.4 is 10.6 Å². The Bertz CT molecular complexity index is 474. The molecule has 2 N–H and O–H groups in total. The quantitative estimate of drug-likeness (QED) is 0.470. The van der Waals surface area contributed by atoms with E-state index in [4.69, 9.17) is 0 Å². The Balaban J connectivity index is 2.56. The van der Waals surface area contributed by atoms with Crippen molar-refractivity contribution < 1.29 is 19.2 Å². The minimum atomic E-state index is -0.652. The molecule has 1 aromatic carbocycles. The van der Waals surface area contributed by atoms with Gasteiger partial charge in [-0.3, -0.25) is 14.9 Å². The topological polar surface area (TPSA) is 111 Å². The summed E-state index contributed by atoms with van der Waals surface area (Å²) in [5.41, 5.74) is 0.118. The average molecular weight is 253 g/mol. The SMILES string of the molecule is COC(=O)CNC(=O)Nc1cccc([N+](=O)[O-])c1. The van der Waals surface area contributed by atoms with Crippen LogP contribution in [0.1, 0.15) is 0 Å². The highest BCUT2D eigenvalue weighted by atomic mass is 16.6. The molecule has 0 saturated carbocycles. The number of anilines is 1. The van der Waals surface area contributed by atoms with Crippen molar-refractivity contribution in [2.24, 2.45) is 0 Å². The Morgan fingerprint density at radius 2 is 2.17 bits per heavy atom. The summed E-state index contributed by atoms with van der Waals surface area (Å²) >= 11 is 0. The number of nitro groups is 1. The van der Waals surface area contributed by atoms with E-state index in [1.54, 1.807) is 0 Å². The number of carbonyl (C=O) groups excluding carboxylic acids is 2. The lowest BCUT2D eigenvalue weighted by Crippen LogP contribution is -2.33. The number of carbonyl (C=O) groups is 2. The Morgan fingerprint density at radius 3 is 2.78 bits per heavy atom. The third-order valence-electron chi connectivity index (χ3n) is 1.94. The highest BCUT2D eigenvalue weighted by molar-refractivity contribution is 5.91. The van der Waals surface area contributed by atoms with Crippen LogP contribution in [0.4, 0.5) is 16.2 Å². The minimum absolute atomic E-state index is 0.138. The van der Waals surface area contributed by atoms with Crippen LogP contribution in [-0.4, -0.2) is 30.6 Å². The van der Waals surface area contributed by atoms with Crippen molar-refractivity contribution in [3.8, 4) is 0 Å². The molecular weight excluding hydrogens is 242 g/mol. The second kappa shape index (κ2) is 6.18. The van der Waals surface area contributed by atoms with Crippen LogP contribution >= 0.6 is 0 Å². The number of benzene rings is 1. The molecule has 8 heteroatoms. The summed E-state index contributed by atoms with van der Waals surface area (Å²) in [7, 11) is 1.20. The minimum Gasteiger partial charge on any atom is -0.468 e. The number of amides is 2. The molecule has 0 aromatic heterocycles. The van der Waals surface area contributed by atoms with E-state index in [1.165, 1.54) is 31.4 Å². The van der Waals surface area contributed by atoms with Crippen LogP contribution in [-0.2, 0) is 9.53 Å². The number of methoxy groups -OCH3 is 1. The van der Waals surface area contributed by atoms with Gasteiger partial charge in [-0.2, -0.15) is 0 Å².